The average Bonchev–Trinajstić information content (AvgIpc) is 3.26. The summed E-state index contributed by atoms with van der Waals surface area (Å²) in [5, 5.41) is 12.1. The normalized spacial score (nSPS) is 10.2. The fourth-order valence-electron chi connectivity index (χ4n) is 2.86. The first-order valence-corrected chi connectivity index (χ1v) is 10.1. The molecule has 0 spiro atoms. The van der Waals surface area contributed by atoms with Crippen LogP contribution in [0.15, 0.2) is 78.2 Å². The van der Waals surface area contributed by atoms with Crippen molar-refractivity contribution in [3.63, 3.8) is 0 Å². The number of nitrogens with zero attached hydrogens (tertiary/aromatic N) is 1. The molecule has 1 N–H and O–H groups in total. The number of halogens is 1. The van der Waals surface area contributed by atoms with Gasteiger partial charge in [-0.2, -0.15) is 0 Å². The first-order valence-electron chi connectivity index (χ1n) is 9.26. The quantitative estimate of drug-likeness (QED) is 0.397. The Bertz CT molecular complexity index is 1120. The van der Waals surface area contributed by atoms with E-state index in [2.05, 4.69) is 0 Å². The minimum atomic E-state index is -1.15. The van der Waals surface area contributed by atoms with Crippen LogP contribution in [0.1, 0.15) is 24.2 Å². The monoisotopic (exact) mass is 405 g/mol. The standard InChI is InChI=1S/C22H14FNO2S.C2H6/c23-19-11-17(10-18(12-19)22(25)26)15-7-4-8-16(9-15)20-13-27-21(24-20)14-5-2-1-3-6-14;1-2/h1-13H,(H,25,26);1-2H3. The number of carboxylic acids is 1. The van der Waals surface area contributed by atoms with Crippen LogP contribution in [0, 0.1) is 5.82 Å². The van der Waals surface area contributed by atoms with Gasteiger partial charge in [0, 0.05) is 16.5 Å². The van der Waals surface area contributed by atoms with E-state index in [4.69, 9.17) is 10.1 Å². The van der Waals surface area contributed by atoms with Gasteiger partial charge in [-0.3, -0.25) is 0 Å². The number of benzene rings is 3. The average molecular weight is 405 g/mol. The number of carbonyl (C=O) groups is 1. The molecule has 0 bridgehead atoms. The van der Waals surface area contributed by atoms with Crippen LogP contribution >= 0.6 is 11.3 Å². The summed E-state index contributed by atoms with van der Waals surface area (Å²) in [6.45, 7) is 4.00. The van der Waals surface area contributed by atoms with E-state index < -0.39 is 11.8 Å². The molecule has 0 saturated heterocycles. The highest BCUT2D eigenvalue weighted by Crippen LogP contribution is 2.31. The van der Waals surface area contributed by atoms with Gasteiger partial charge in [0.1, 0.15) is 10.8 Å². The summed E-state index contributed by atoms with van der Waals surface area (Å²) in [4.78, 5) is 15.9. The Labute approximate surface area is 173 Å². The highest BCUT2D eigenvalue weighted by atomic mass is 32.1. The molecule has 0 radical (unpaired) electrons. The molecule has 0 fully saturated rings. The molecule has 0 aliphatic carbocycles. The number of rotatable bonds is 4. The highest BCUT2D eigenvalue weighted by molar-refractivity contribution is 7.13. The predicted octanol–water partition coefficient (Wildman–Crippen LogP) is 7.01. The third-order valence-corrected chi connectivity index (χ3v) is 5.05. The van der Waals surface area contributed by atoms with E-state index in [1.54, 1.807) is 11.3 Å². The molecule has 5 heteroatoms. The van der Waals surface area contributed by atoms with Crippen molar-refractivity contribution in [1.29, 1.82) is 0 Å². The van der Waals surface area contributed by atoms with Gasteiger partial charge in [0.15, 0.2) is 0 Å². The van der Waals surface area contributed by atoms with Gasteiger partial charge in [0.05, 0.1) is 11.3 Å². The highest BCUT2D eigenvalue weighted by Gasteiger charge is 2.11. The number of hydrogen-bond acceptors (Lipinski definition) is 3. The summed E-state index contributed by atoms with van der Waals surface area (Å²) in [5.41, 5.74) is 3.97. The lowest BCUT2D eigenvalue weighted by Crippen LogP contribution is -1.97. The van der Waals surface area contributed by atoms with Gasteiger partial charge in [0.25, 0.3) is 0 Å². The molecule has 0 amide bonds. The van der Waals surface area contributed by atoms with Crippen LogP contribution in [-0.4, -0.2) is 16.1 Å². The van der Waals surface area contributed by atoms with E-state index in [1.807, 2.05) is 73.8 Å². The minimum absolute atomic E-state index is 0.0737. The molecule has 0 aliphatic heterocycles. The molecule has 0 atom stereocenters. The van der Waals surface area contributed by atoms with Crippen LogP contribution in [0.4, 0.5) is 4.39 Å². The Kier molecular flexibility index (Phi) is 6.52. The summed E-state index contributed by atoms with van der Waals surface area (Å²) in [5.74, 6) is -1.73. The second kappa shape index (κ2) is 9.26. The van der Waals surface area contributed by atoms with E-state index in [1.165, 1.54) is 12.1 Å². The van der Waals surface area contributed by atoms with E-state index in [0.29, 0.717) is 5.56 Å². The number of aromatic nitrogens is 1. The van der Waals surface area contributed by atoms with Crippen LogP contribution in [-0.2, 0) is 0 Å². The number of thiazole rings is 1. The first kappa shape index (κ1) is 20.4. The molecule has 29 heavy (non-hydrogen) atoms. The molecule has 0 aliphatic rings. The lowest BCUT2D eigenvalue weighted by molar-refractivity contribution is 0.0696. The smallest absolute Gasteiger partial charge is 0.335 e. The third kappa shape index (κ3) is 4.76. The minimum Gasteiger partial charge on any atom is -0.478 e. The lowest BCUT2D eigenvalue weighted by atomic mass is 10.00. The maximum Gasteiger partial charge on any atom is 0.335 e. The van der Waals surface area contributed by atoms with Crippen molar-refractivity contribution in [2.75, 3.05) is 0 Å². The van der Waals surface area contributed by atoms with E-state index >= 15 is 0 Å². The van der Waals surface area contributed by atoms with Crippen LogP contribution in [0.3, 0.4) is 0 Å². The Hall–Kier alpha value is -3.31. The molecule has 146 valence electrons. The van der Waals surface area contributed by atoms with Crippen LogP contribution in [0.5, 0.6) is 0 Å². The fourth-order valence-corrected chi connectivity index (χ4v) is 3.69. The fraction of sp³-hybridized carbons (Fsp3) is 0.0833. The largest absolute Gasteiger partial charge is 0.478 e. The third-order valence-electron chi connectivity index (χ3n) is 4.16. The lowest BCUT2D eigenvalue weighted by Gasteiger charge is -2.06. The number of carboxylic acid groups (broad SMARTS) is 1. The van der Waals surface area contributed by atoms with Crippen molar-refractivity contribution >= 4 is 17.3 Å². The zero-order valence-corrected chi connectivity index (χ0v) is 16.9. The molecule has 4 rings (SSSR count). The molecular weight excluding hydrogens is 385 g/mol. The van der Waals surface area contributed by atoms with E-state index in [9.17, 15) is 9.18 Å². The zero-order chi connectivity index (χ0) is 20.8. The van der Waals surface area contributed by atoms with Crippen molar-refractivity contribution in [3.05, 3.63) is 89.6 Å². The first-order chi connectivity index (χ1) is 14.1. The maximum absolute atomic E-state index is 13.8. The van der Waals surface area contributed by atoms with Crippen molar-refractivity contribution < 1.29 is 14.3 Å². The molecule has 3 nitrogen and oxygen atoms in total. The molecule has 1 heterocycles. The topological polar surface area (TPSA) is 50.2 Å². The van der Waals surface area contributed by atoms with Gasteiger partial charge in [-0.1, -0.05) is 62.4 Å². The summed E-state index contributed by atoms with van der Waals surface area (Å²) in [6.07, 6.45) is 0. The Morgan fingerprint density at radius 3 is 2.28 bits per heavy atom. The molecule has 0 unspecified atom stereocenters. The van der Waals surface area contributed by atoms with Gasteiger partial charge in [0.2, 0.25) is 0 Å². The maximum atomic E-state index is 13.8. The van der Waals surface area contributed by atoms with Crippen molar-refractivity contribution in [3.8, 4) is 33.0 Å². The molecule has 4 aromatic rings. The van der Waals surface area contributed by atoms with Gasteiger partial charge in [-0.25, -0.2) is 14.2 Å². The van der Waals surface area contributed by atoms with Gasteiger partial charge >= 0.3 is 5.97 Å². The molecule has 3 aromatic carbocycles. The molecule has 0 saturated carbocycles. The van der Waals surface area contributed by atoms with Gasteiger partial charge in [-0.05, 0) is 35.4 Å². The molecule has 1 aromatic heterocycles. The summed E-state index contributed by atoms with van der Waals surface area (Å²) < 4.78 is 13.8. The summed E-state index contributed by atoms with van der Waals surface area (Å²) in [6, 6.07) is 21.3. The number of hydrogen-bond donors (Lipinski definition) is 1. The number of aromatic carboxylic acids is 1. The predicted molar refractivity (Wildman–Crippen MR) is 117 cm³/mol. The molecular formula is C24H20FNO2S. The Morgan fingerprint density at radius 2 is 1.55 bits per heavy atom. The second-order valence-corrected chi connectivity index (χ2v) is 6.88. The van der Waals surface area contributed by atoms with E-state index in [0.717, 1.165) is 33.5 Å². The van der Waals surface area contributed by atoms with Gasteiger partial charge < -0.3 is 5.11 Å². The van der Waals surface area contributed by atoms with Gasteiger partial charge in [-0.15, -0.1) is 11.3 Å². The SMILES string of the molecule is CC.O=C(O)c1cc(F)cc(-c2cccc(-c3csc(-c4ccccc4)n3)c2)c1. The second-order valence-electron chi connectivity index (χ2n) is 6.02. The summed E-state index contributed by atoms with van der Waals surface area (Å²) in [7, 11) is 0. The van der Waals surface area contributed by atoms with Crippen LogP contribution in [0.25, 0.3) is 33.0 Å². The van der Waals surface area contributed by atoms with Crippen molar-refractivity contribution in [2.45, 2.75) is 13.8 Å². The Balaban J connectivity index is 0.00000117. The zero-order valence-electron chi connectivity index (χ0n) is 16.1. The summed E-state index contributed by atoms with van der Waals surface area (Å²) >= 11 is 1.56. The van der Waals surface area contributed by atoms with Crippen molar-refractivity contribution in [2.24, 2.45) is 0 Å². The Morgan fingerprint density at radius 1 is 0.862 bits per heavy atom. The van der Waals surface area contributed by atoms with Crippen molar-refractivity contribution in [1.82, 2.24) is 4.98 Å². The van der Waals surface area contributed by atoms with Crippen LogP contribution in [0.2, 0.25) is 0 Å². The van der Waals surface area contributed by atoms with E-state index in [-0.39, 0.29) is 5.56 Å². The van der Waals surface area contributed by atoms with Crippen LogP contribution < -0.4 is 0 Å².